The Hall–Kier alpha value is -3.76. The number of likely N-dealkylation sites (tertiary alicyclic amines) is 1. The van der Waals surface area contributed by atoms with E-state index in [9.17, 15) is 27.2 Å². The Kier molecular flexibility index (Phi) is 5.54. The van der Waals surface area contributed by atoms with Crippen molar-refractivity contribution in [2.45, 2.75) is 49.9 Å². The van der Waals surface area contributed by atoms with Crippen LogP contribution in [0.25, 0.3) is 11.5 Å². The highest BCUT2D eigenvalue weighted by Gasteiger charge is 2.54. The smallest absolute Gasteiger partial charge is 0.314 e. The van der Waals surface area contributed by atoms with E-state index in [-0.39, 0.29) is 43.1 Å². The first kappa shape index (κ1) is 23.6. The lowest BCUT2D eigenvalue weighted by atomic mass is 9.84. The Labute approximate surface area is 209 Å². The van der Waals surface area contributed by atoms with Crippen molar-refractivity contribution in [2.75, 3.05) is 13.1 Å². The molecule has 2 fully saturated rings. The minimum absolute atomic E-state index is 0.111. The number of piperidine rings is 1. The first-order valence-electron chi connectivity index (χ1n) is 12.0. The normalized spacial score (nSPS) is 22.5. The van der Waals surface area contributed by atoms with Crippen LogP contribution in [0.3, 0.4) is 0 Å². The molecule has 11 heteroatoms. The maximum atomic E-state index is 14.6. The quantitative estimate of drug-likeness (QED) is 0.463. The third-order valence-electron chi connectivity index (χ3n) is 7.45. The number of halogens is 4. The van der Waals surface area contributed by atoms with Gasteiger partial charge >= 0.3 is 6.43 Å². The van der Waals surface area contributed by atoms with Crippen LogP contribution in [0, 0.1) is 5.82 Å². The molecule has 0 N–H and O–H groups in total. The maximum Gasteiger partial charge on any atom is 0.314 e. The number of amides is 2. The van der Waals surface area contributed by atoms with Crippen LogP contribution in [0.15, 0.2) is 46.9 Å². The third-order valence-corrected chi connectivity index (χ3v) is 7.45. The number of nitrogens with zero attached hydrogens (tertiary/aromatic N) is 4. The summed E-state index contributed by atoms with van der Waals surface area (Å²) in [5.74, 6) is -2.44. The van der Waals surface area contributed by atoms with Crippen LogP contribution in [0.5, 0.6) is 0 Å². The highest BCUT2D eigenvalue weighted by molar-refractivity contribution is 5.99. The predicted molar refractivity (Wildman–Crippen MR) is 122 cm³/mol. The van der Waals surface area contributed by atoms with Crippen LogP contribution in [-0.2, 0) is 11.3 Å². The number of fused-ring (bicyclic) bond motifs is 1. The van der Waals surface area contributed by atoms with E-state index in [1.807, 2.05) is 0 Å². The molecule has 0 radical (unpaired) electrons. The molecular weight excluding hydrogens is 492 g/mol. The molecule has 0 unspecified atom stereocenters. The van der Waals surface area contributed by atoms with Crippen LogP contribution in [0.2, 0.25) is 0 Å². The molecule has 2 atom stereocenters. The average molecular weight is 514 g/mol. The fourth-order valence-electron chi connectivity index (χ4n) is 5.31. The van der Waals surface area contributed by atoms with E-state index >= 15 is 0 Å². The van der Waals surface area contributed by atoms with Crippen molar-refractivity contribution in [1.29, 1.82) is 0 Å². The average Bonchev–Trinajstić information content (AvgIpc) is 3.32. The maximum absolute atomic E-state index is 14.6. The summed E-state index contributed by atoms with van der Waals surface area (Å²) in [5.41, 5.74) is 0.449. The molecule has 0 spiro atoms. The summed E-state index contributed by atoms with van der Waals surface area (Å²) < 4.78 is 58.9. The van der Waals surface area contributed by atoms with Gasteiger partial charge in [0.25, 0.3) is 17.7 Å². The van der Waals surface area contributed by atoms with Crippen molar-refractivity contribution in [1.82, 2.24) is 20.0 Å². The van der Waals surface area contributed by atoms with Gasteiger partial charge in [0.2, 0.25) is 5.89 Å². The zero-order chi connectivity index (χ0) is 25.9. The Bertz CT molecular complexity index is 1370. The molecule has 3 heterocycles. The van der Waals surface area contributed by atoms with Gasteiger partial charge in [0.05, 0.1) is 0 Å². The lowest BCUT2D eigenvalue weighted by molar-refractivity contribution is -0.140. The summed E-state index contributed by atoms with van der Waals surface area (Å²) >= 11 is 0. The molecule has 3 aromatic rings. The monoisotopic (exact) mass is 514 g/mol. The second-order valence-electron chi connectivity index (χ2n) is 9.78. The molecule has 7 nitrogen and oxygen atoms in total. The highest BCUT2D eigenvalue weighted by Crippen LogP contribution is 2.44. The number of carbonyl (C=O) groups excluding carboxylic acids is 2. The molecule has 1 aliphatic carbocycles. The molecule has 6 rings (SSSR count). The number of hydrogen-bond acceptors (Lipinski definition) is 5. The van der Waals surface area contributed by atoms with Crippen molar-refractivity contribution in [3.63, 3.8) is 0 Å². The molecule has 37 heavy (non-hydrogen) atoms. The van der Waals surface area contributed by atoms with E-state index in [1.165, 1.54) is 17.0 Å². The number of alkyl halides is 3. The van der Waals surface area contributed by atoms with Gasteiger partial charge in [-0.2, -0.15) is 8.78 Å². The van der Waals surface area contributed by atoms with E-state index < -0.39 is 29.7 Å². The minimum Gasteiger partial charge on any atom is -0.415 e. The Balaban J connectivity index is 1.28. The number of rotatable bonds is 5. The molecule has 0 bridgehead atoms. The van der Waals surface area contributed by atoms with E-state index in [0.717, 1.165) is 11.1 Å². The predicted octanol–water partition coefficient (Wildman–Crippen LogP) is 4.66. The standard InChI is InChI=1S/C26H22F4N4O3/c27-17-5-3-14(4-6-17)19-13-33(25(36)26(30)8-9-26)10-7-20(19)34-12-16-2-1-15(11-18(16)24(34)35)22-31-32-23(37-22)21(28)29/h1-6,11,19-21H,7-10,12-13H2/t19-,20+/m0/s1. The molecule has 192 valence electrons. The van der Waals surface area contributed by atoms with Gasteiger partial charge in [-0.25, -0.2) is 8.78 Å². The molecule has 1 saturated carbocycles. The van der Waals surface area contributed by atoms with E-state index in [2.05, 4.69) is 10.2 Å². The molecular formula is C26H22F4N4O3. The summed E-state index contributed by atoms with van der Waals surface area (Å²) in [4.78, 5) is 29.5. The van der Waals surface area contributed by atoms with E-state index in [1.54, 1.807) is 35.2 Å². The largest absolute Gasteiger partial charge is 0.415 e. The van der Waals surface area contributed by atoms with Gasteiger partial charge in [-0.05, 0) is 54.7 Å². The summed E-state index contributed by atoms with van der Waals surface area (Å²) in [6.45, 7) is 0.825. The van der Waals surface area contributed by atoms with Gasteiger partial charge in [0.1, 0.15) is 5.82 Å². The van der Waals surface area contributed by atoms with Gasteiger partial charge in [-0.1, -0.05) is 18.2 Å². The summed E-state index contributed by atoms with van der Waals surface area (Å²) in [6.07, 6.45) is -2.04. The van der Waals surface area contributed by atoms with Crippen molar-refractivity contribution >= 4 is 11.8 Å². The topological polar surface area (TPSA) is 79.5 Å². The van der Waals surface area contributed by atoms with Crippen molar-refractivity contribution in [3.05, 3.63) is 70.9 Å². The van der Waals surface area contributed by atoms with Crippen LogP contribution >= 0.6 is 0 Å². The molecule has 1 aromatic heterocycles. The molecule has 1 saturated heterocycles. The second kappa shape index (κ2) is 8.67. The van der Waals surface area contributed by atoms with E-state index in [0.29, 0.717) is 30.6 Å². The van der Waals surface area contributed by atoms with Gasteiger partial charge < -0.3 is 14.2 Å². The summed E-state index contributed by atoms with van der Waals surface area (Å²) in [6, 6.07) is 10.5. The van der Waals surface area contributed by atoms with Gasteiger partial charge in [-0.3, -0.25) is 9.59 Å². The third kappa shape index (κ3) is 4.15. The SMILES string of the molecule is O=C1c2cc(-c3nnc(C(F)F)o3)ccc2CN1[C@@H]1CCN(C(=O)C2(F)CC2)C[C@H]1c1ccc(F)cc1. The lowest BCUT2D eigenvalue weighted by Gasteiger charge is -2.43. The molecule has 2 aromatic carbocycles. The van der Waals surface area contributed by atoms with Crippen LogP contribution in [0.1, 0.15) is 59.0 Å². The summed E-state index contributed by atoms with van der Waals surface area (Å²) in [5, 5.41) is 6.99. The van der Waals surface area contributed by atoms with Crippen molar-refractivity contribution in [3.8, 4) is 11.5 Å². The Morgan fingerprint density at radius 1 is 1.11 bits per heavy atom. The van der Waals surface area contributed by atoms with Gasteiger partial charge in [0, 0.05) is 42.7 Å². The first-order valence-corrected chi connectivity index (χ1v) is 12.0. The molecule has 2 amide bonds. The van der Waals surface area contributed by atoms with Gasteiger partial charge in [0.15, 0.2) is 5.67 Å². The first-order chi connectivity index (χ1) is 17.7. The number of carbonyl (C=O) groups is 2. The fourth-order valence-corrected chi connectivity index (χ4v) is 5.31. The Morgan fingerprint density at radius 2 is 1.86 bits per heavy atom. The number of aromatic nitrogens is 2. The van der Waals surface area contributed by atoms with Crippen LogP contribution < -0.4 is 0 Å². The highest BCUT2D eigenvalue weighted by atomic mass is 19.3. The van der Waals surface area contributed by atoms with Crippen molar-refractivity contribution in [2.24, 2.45) is 0 Å². The Morgan fingerprint density at radius 3 is 2.54 bits per heavy atom. The van der Waals surface area contributed by atoms with E-state index in [4.69, 9.17) is 4.42 Å². The van der Waals surface area contributed by atoms with Gasteiger partial charge in [-0.15, -0.1) is 10.2 Å². The minimum atomic E-state index is -2.90. The van der Waals surface area contributed by atoms with Crippen molar-refractivity contribution < 1.29 is 31.6 Å². The zero-order valence-corrected chi connectivity index (χ0v) is 19.5. The molecule has 3 aliphatic rings. The van der Waals surface area contributed by atoms with Crippen LogP contribution in [-0.4, -0.2) is 56.6 Å². The number of benzene rings is 2. The molecule has 2 aliphatic heterocycles. The fraction of sp³-hybridized carbons (Fsp3) is 0.385. The van der Waals surface area contributed by atoms with Crippen LogP contribution in [0.4, 0.5) is 17.6 Å². The summed E-state index contributed by atoms with van der Waals surface area (Å²) in [7, 11) is 0. The zero-order valence-electron chi connectivity index (χ0n) is 19.5. The number of hydrogen-bond donors (Lipinski definition) is 0. The second-order valence-corrected chi connectivity index (χ2v) is 9.78. The lowest BCUT2D eigenvalue weighted by Crippen LogP contribution is -2.53.